The first kappa shape index (κ1) is 24.1. The molecule has 1 amide bonds. The van der Waals surface area contributed by atoms with Gasteiger partial charge in [-0.05, 0) is 23.6 Å². The van der Waals surface area contributed by atoms with Crippen LogP contribution in [0.2, 0.25) is 0 Å². The normalized spacial score (nSPS) is 10.6. The summed E-state index contributed by atoms with van der Waals surface area (Å²) in [5, 5.41) is 9.21. The van der Waals surface area contributed by atoms with Crippen molar-refractivity contribution in [2.45, 2.75) is 25.9 Å². The number of para-hydroxylation sites is 1. The van der Waals surface area contributed by atoms with Gasteiger partial charge in [0.2, 0.25) is 5.91 Å². The fraction of sp³-hybridized carbons (Fsp3) is 0.185. The van der Waals surface area contributed by atoms with E-state index < -0.39 is 5.97 Å². The average molecular weight is 488 g/mol. The summed E-state index contributed by atoms with van der Waals surface area (Å²) in [6.45, 7) is 0.221. The van der Waals surface area contributed by atoms with Crippen LogP contribution in [0.3, 0.4) is 0 Å². The Morgan fingerprint density at radius 2 is 1.63 bits per heavy atom. The van der Waals surface area contributed by atoms with Gasteiger partial charge in [-0.1, -0.05) is 54.6 Å². The molecule has 2 aromatic carbocycles. The van der Waals surface area contributed by atoms with E-state index >= 15 is 0 Å². The largest absolute Gasteiger partial charge is 0.461 e. The van der Waals surface area contributed by atoms with Gasteiger partial charge < -0.3 is 10.1 Å². The Kier molecular flexibility index (Phi) is 8.19. The van der Waals surface area contributed by atoms with Crippen molar-refractivity contribution >= 4 is 29.0 Å². The second kappa shape index (κ2) is 11.9. The van der Waals surface area contributed by atoms with E-state index in [1.165, 1.54) is 11.3 Å². The van der Waals surface area contributed by atoms with E-state index in [4.69, 9.17) is 9.84 Å². The molecule has 0 aliphatic heterocycles. The van der Waals surface area contributed by atoms with E-state index in [0.29, 0.717) is 4.88 Å². The molecule has 7 nitrogen and oxygen atoms in total. The molecule has 2 heterocycles. The lowest BCUT2D eigenvalue weighted by Crippen LogP contribution is -2.26. The first-order chi connectivity index (χ1) is 17.1. The maximum atomic E-state index is 12.3. The van der Waals surface area contributed by atoms with Crippen molar-refractivity contribution < 1.29 is 19.1 Å². The van der Waals surface area contributed by atoms with E-state index in [9.17, 15) is 14.4 Å². The summed E-state index contributed by atoms with van der Waals surface area (Å²) in [6, 6.07) is 23.0. The zero-order valence-electron chi connectivity index (χ0n) is 19.1. The van der Waals surface area contributed by atoms with Crippen LogP contribution in [0.1, 0.15) is 34.5 Å². The van der Waals surface area contributed by atoms with Crippen LogP contribution in [-0.2, 0) is 20.9 Å². The number of benzene rings is 2. The second-order valence-corrected chi connectivity index (χ2v) is 8.76. The highest BCUT2D eigenvalue weighted by molar-refractivity contribution is 7.12. The Balaban J connectivity index is 1.28. The molecule has 0 aliphatic carbocycles. The topological polar surface area (TPSA) is 90.3 Å². The highest BCUT2D eigenvalue weighted by atomic mass is 32.1. The zero-order valence-corrected chi connectivity index (χ0v) is 19.9. The monoisotopic (exact) mass is 487 g/mol. The molecule has 178 valence electrons. The number of aromatic nitrogens is 2. The summed E-state index contributed by atoms with van der Waals surface area (Å²) in [6.07, 6.45) is 2.13. The lowest BCUT2D eigenvalue weighted by molar-refractivity contribution is -0.144. The Morgan fingerprint density at radius 1 is 0.886 bits per heavy atom. The first-order valence-corrected chi connectivity index (χ1v) is 12.2. The maximum Gasteiger partial charge on any atom is 0.307 e. The molecule has 8 heteroatoms. The highest BCUT2D eigenvalue weighted by Gasteiger charge is 2.15. The fourth-order valence-corrected chi connectivity index (χ4v) is 4.17. The number of Topliss-reactive ketones (excluding diaryl/α,β-unsaturated/α-hetero) is 1. The lowest BCUT2D eigenvalue weighted by Gasteiger charge is -2.07. The minimum absolute atomic E-state index is 0.0398. The molecular weight excluding hydrogens is 462 g/mol. The van der Waals surface area contributed by atoms with Gasteiger partial charge in [0.15, 0.2) is 5.78 Å². The average Bonchev–Trinajstić information content (AvgIpc) is 3.58. The van der Waals surface area contributed by atoms with Gasteiger partial charge in [-0.2, -0.15) is 5.10 Å². The molecule has 0 bridgehead atoms. The van der Waals surface area contributed by atoms with Gasteiger partial charge in [0, 0.05) is 36.7 Å². The van der Waals surface area contributed by atoms with Crippen LogP contribution in [-0.4, -0.2) is 34.0 Å². The third-order valence-corrected chi connectivity index (χ3v) is 6.18. The van der Waals surface area contributed by atoms with Crippen molar-refractivity contribution in [2.24, 2.45) is 0 Å². The molecule has 2 aromatic heterocycles. The maximum absolute atomic E-state index is 12.3. The molecule has 4 aromatic rings. The number of carbonyl (C=O) groups is 3. The zero-order chi connectivity index (χ0) is 24.5. The third-order valence-electron chi connectivity index (χ3n) is 5.27. The van der Waals surface area contributed by atoms with Crippen molar-refractivity contribution in [1.29, 1.82) is 0 Å². The van der Waals surface area contributed by atoms with Gasteiger partial charge in [-0.25, -0.2) is 4.68 Å². The summed E-state index contributed by atoms with van der Waals surface area (Å²) in [5.41, 5.74) is 3.36. The molecule has 35 heavy (non-hydrogen) atoms. The molecule has 0 radical (unpaired) electrons. The van der Waals surface area contributed by atoms with Crippen molar-refractivity contribution in [1.82, 2.24) is 15.1 Å². The van der Waals surface area contributed by atoms with E-state index in [0.717, 1.165) is 22.5 Å². The van der Waals surface area contributed by atoms with E-state index in [-0.39, 0.29) is 44.1 Å². The summed E-state index contributed by atoms with van der Waals surface area (Å²) in [7, 11) is 0. The quantitative estimate of drug-likeness (QED) is 0.242. The molecule has 0 saturated heterocycles. The van der Waals surface area contributed by atoms with Gasteiger partial charge >= 0.3 is 5.97 Å². The number of thiophene rings is 1. The smallest absolute Gasteiger partial charge is 0.307 e. The molecule has 1 N–H and O–H groups in total. The van der Waals surface area contributed by atoms with Crippen LogP contribution in [0.5, 0.6) is 0 Å². The Bertz CT molecular complexity index is 1270. The third kappa shape index (κ3) is 6.74. The number of nitrogens with one attached hydrogen (secondary N) is 1. The lowest BCUT2D eigenvalue weighted by atomic mass is 10.1. The Hall–Kier alpha value is -4.04. The first-order valence-electron chi connectivity index (χ1n) is 11.3. The number of hydrogen-bond acceptors (Lipinski definition) is 6. The van der Waals surface area contributed by atoms with Crippen LogP contribution >= 0.6 is 11.3 Å². The van der Waals surface area contributed by atoms with Crippen LogP contribution < -0.4 is 5.32 Å². The van der Waals surface area contributed by atoms with Gasteiger partial charge in [-0.3, -0.25) is 14.4 Å². The van der Waals surface area contributed by atoms with Crippen molar-refractivity contribution in [2.75, 3.05) is 6.54 Å². The van der Waals surface area contributed by atoms with Gasteiger partial charge in [0.05, 0.1) is 22.7 Å². The Labute approximate surface area is 207 Å². The van der Waals surface area contributed by atoms with Crippen LogP contribution in [0, 0.1) is 0 Å². The summed E-state index contributed by atoms with van der Waals surface area (Å²) in [4.78, 5) is 36.9. The Morgan fingerprint density at radius 3 is 2.34 bits per heavy atom. The van der Waals surface area contributed by atoms with E-state index in [1.54, 1.807) is 16.8 Å². The van der Waals surface area contributed by atoms with E-state index in [1.807, 2.05) is 72.2 Å². The number of nitrogens with zero attached hydrogens (tertiary/aromatic N) is 2. The van der Waals surface area contributed by atoms with Crippen molar-refractivity contribution in [3.63, 3.8) is 0 Å². The molecule has 0 spiro atoms. The van der Waals surface area contributed by atoms with Crippen LogP contribution in [0.15, 0.2) is 84.4 Å². The minimum Gasteiger partial charge on any atom is -0.461 e. The summed E-state index contributed by atoms with van der Waals surface area (Å²) < 4.78 is 7.24. The second-order valence-electron chi connectivity index (χ2n) is 7.81. The minimum atomic E-state index is -0.425. The van der Waals surface area contributed by atoms with Crippen molar-refractivity contribution in [3.05, 3.63) is 94.8 Å². The molecule has 0 fully saturated rings. The number of amides is 1. The highest BCUT2D eigenvalue weighted by Crippen LogP contribution is 2.24. The predicted octanol–water partition coefficient (Wildman–Crippen LogP) is 4.81. The van der Waals surface area contributed by atoms with Crippen molar-refractivity contribution in [3.8, 4) is 16.9 Å². The van der Waals surface area contributed by atoms with Crippen LogP contribution in [0.4, 0.5) is 0 Å². The molecule has 0 aliphatic rings. The number of ketones is 1. The predicted molar refractivity (Wildman–Crippen MR) is 134 cm³/mol. The van der Waals surface area contributed by atoms with Gasteiger partial charge in [0.25, 0.3) is 0 Å². The number of rotatable bonds is 11. The SMILES string of the molecule is O=C(CCC(=O)c1cccs1)NCCC(=O)OCc1cn(-c2ccccc2)nc1-c1ccccc1. The molecule has 0 saturated carbocycles. The van der Waals surface area contributed by atoms with Crippen LogP contribution in [0.25, 0.3) is 16.9 Å². The molecule has 4 rings (SSSR count). The number of esters is 1. The number of hydrogen-bond donors (Lipinski definition) is 1. The molecule has 0 unspecified atom stereocenters. The molecular formula is C27H25N3O4S. The summed E-state index contributed by atoms with van der Waals surface area (Å²) in [5.74, 6) is -0.746. The number of ether oxygens (including phenoxy) is 1. The number of carbonyl (C=O) groups excluding carboxylic acids is 3. The summed E-state index contributed by atoms with van der Waals surface area (Å²) >= 11 is 1.36. The standard InChI is InChI=1S/C27H25N3O4S/c31-23(24-12-7-17-35-24)13-14-25(32)28-16-15-26(33)34-19-21-18-30(22-10-5-2-6-11-22)29-27(21)20-8-3-1-4-9-20/h1-12,17-18H,13-16,19H2,(H,28,32). The molecule has 0 atom stereocenters. The van der Waals surface area contributed by atoms with Gasteiger partial charge in [0.1, 0.15) is 6.61 Å². The fourth-order valence-electron chi connectivity index (χ4n) is 3.48. The van der Waals surface area contributed by atoms with Gasteiger partial charge in [-0.15, -0.1) is 11.3 Å². The van der Waals surface area contributed by atoms with E-state index in [2.05, 4.69) is 5.32 Å².